The van der Waals surface area contributed by atoms with Crippen LogP contribution in [-0.2, 0) is 24.0 Å². The molecule has 184 valence electrons. The smallest absolute Gasteiger partial charge is 0.314 e. The van der Waals surface area contributed by atoms with E-state index in [2.05, 4.69) is 37.2 Å². The number of rotatable bonds is 0. The summed E-state index contributed by atoms with van der Waals surface area (Å²) in [6.45, 7) is 4.41. The molecule has 0 aromatic rings. The third-order valence-electron chi connectivity index (χ3n) is 4.24. The van der Waals surface area contributed by atoms with Crippen LogP contribution in [-0.4, -0.2) is 73.4 Å². The van der Waals surface area contributed by atoms with E-state index < -0.39 is 0 Å². The second kappa shape index (κ2) is 16.4. The Balaban J connectivity index is 0.000000207. The summed E-state index contributed by atoms with van der Waals surface area (Å²) in [5.74, 6) is -0.368. The van der Waals surface area contributed by atoms with Gasteiger partial charge in [-0.15, -0.1) is 0 Å². The van der Waals surface area contributed by atoms with Gasteiger partial charge in [0.2, 0.25) is 29.5 Å². The van der Waals surface area contributed by atoms with Gasteiger partial charge in [0, 0.05) is 64.8 Å². The fraction of sp³-hybridized carbons (Fsp3) is 0.632. The van der Waals surface area contributed by atoms with E-state index in [0.29, 0.717) is 32.1 Å². The van der Waals surface area contributed by atoms with Gasteiger partial charge < -0.3 is 26.6 Å². The van der Waals surface area contributed by atoms with Gasteiger partial charge in [0.15, 0.2) is 5.11 Å². The highest BCUT2D eigenvalue weighted by molar-refractivity contribution is 7.80. The number of hydrogen-bond donors (Lipinski definition) is 7. The van der Waals surface area contributed by atoms with Crippen LogP contribution in [0, 0.1) is 0 Å². The fourth-order valence-corrected chi connectivity index (χ4v) is 2.80. The van der Waals surface area contributed by atoms with Crippen molar-refractivity contribution in [3.63, 3.8) is 0 Å². The van der Waals surface area contributed by atoms with Gasteiger partial charge in [-0.25, -0.2) is 4.79 Å². The Labute approximate surface area is 196 Å². The van der Waals surface area contributed by atoms with Gasteiger partial charge in [0.25, 0.3) is 0 Å². The van der Waals surface area contributed by atoms with Gasteiger partial charge in [-0.3, -0.25) is 34.6 Å². The summed E-state index contributed by atoms with van der Waals surface area (Å²) in [5, 5.41) is 18.8. The zero-order chi connectivity index (χ0) is 24.5. The van der Waals surface area contributed by atoms with Crippen molar-refractivity contribution in [1.29, 1.82) is 0 Å². The molecule has 0 radical (unpaired) electrons. The molecule has 5 fully saturated rings. The summed E-state index contributed by atoms with van der Waals surface area (Å²) >= 11 is 4.70. The van der Waals surface area contributed by atoms with Crippen molar-refractivity contribution >= 4 is 52.9 Å². The lowest BCUT2D eigenvalue weighted by atomic mass is 10.1. The Kier molecular flexibility index (Phi) is 13.8. The number of piperidine rings is 1. The first-order chi connectivity index (χ1) is 15.8. The topological polar surface area (TPSA) is 187 Å². The van der Waals surface area contributed by atoms with Crippen LogP contribution in [0.4, 0.5) is 4.79 Å². The lowest BCUT2D eigenvalue weighted by Crippen LogP contribution is -2.33. The van der Waals surface area contributed by atoms with Gasteiger partial charge in [-0.05, 0) is 25.1 Å². The number of carbonyl (C=O) groups is 6. The first-order valence-corrected chi connectivity index (χ1v) is 11.1. The lowest BCUT2D eigenvalue weighted by molar-refractivity contribution is -0.133. The normalized spacial score (nSPS) is 20.2. The highest BCUT2D eigenvalue weighted by Crippen LogP contribution is 2.00. The number of carbonyl (C=O) groups excluding carboxylic acids is 6. The average molecular weight is 486 g/mol. The molecule has 0 aromatic carbocycles. The second-order valence-electron chi connectivity index (χ2n) is 7.12. The molecule has 0 saturated carbocycles. The van der Waals surface area contributed by atoms with Gasteiger partial charge in [-0.2, -0.15) is 0 Å². The minimum Gasteiger partial charge on any atom is -0.361 e. The maximum absolute atomic E-state index is 10.3. The largest absolute Gasteiger partial charge is 0.361 e. The van der Waals surface area contributed by atoms with E-state index in [-0.39, 0.29) is 35.6 Å². The predicted molar refractivity (Wildman–Crippen MR) is 122 cm³/mol. The van der Waals surface area contributed by atoms with E-state index in [1.54, 1.807) is 0 Å². The van der Waals surface area contributed by atoms with Crippen LogP contribution in [0.5, 0.6) is 0 Å². The van der Waals surface area contributed by atoms with Crippen molar-refractivity contribution in [3.05, 3.63) is 0 Å². The van der Waals surface area contributed by atoms with Crippen molar-refractivity contribution in [3.8, 4) is 0 Å². The van der Waals surface area contributed by atoms with Crippen molar-refractivity contribution < 1.29 is 28.8 Å². The highest BCUT2D eigenvalue weighted by Gasteiger charge is 2.15. The number of nitrogens with one attached hydrogen (secondary N) is 7. The molecule has 0 aliphatic carbocycles. The zero-order valence-corrected chi connectivity index (χ0v) is 19.2. The fourth-order valence-electron chi connectivity index (χ4n) is 2.59. The van der Waals surface area contributed by atoms with E-state index in [0.717, 1.165) is 50.7 Å². The van der Waals surface area contributed by atoms with E-state index in [4.69, 9.17) is 12.2 Å². The Morgan fingerprint density at radius 2 is 0.879 bits per heavy atom. The minimum atomic E-state index is -0.148. The molecular weight excluding hydrogens is 454 g/mol. The maximum atomic E-state index is 10.3. The van der Waals surface area contributed by atoms with Gasteiger partial charge in [-0.1, -0.05) is 0 Å². The Hall–Kier alpha value is -3.29. The van der Waals surface area contributed by atoms with Crippen LogP contribution in [0.3, 0.4) is 0 Å². The quantitative estimate of drug-likeness (QED) is 0.149. The van der Waals surface area contributed by atoms with E-state index >= 15 is 0 Å². The van der Waals surface area contributed by atoms with Crippen molar-refractivity contribution in [2.75, 3.05) is 32.7 Å². The van der Waals surface area contributed by atoms with Crippen LogP contribution in [0.15, 0.2) is 0 Å². The monoisotopic (exact) mass is 485 g/mol. The molecule has 0 aromatic heterocycles. The molecule has 0 bridgehead atoms. The molecule has 5 aliphatic rings. The summed E-state index contributed by atoms with van der Waals surface area (Å²) < 4.78 is 0. The predicted octanol–water partition coefficient (Wildman–Crippen LogP) is -2.10. The summed E-state index contributed by atoms with van der Waals surface area (Å²) in [6.07, 6.45) is 4.23. The average Bonchev–Trinajstić information content (AvgIpc) is 3.57. The Bertz CT molecular complexity index is 647. The van der Waals surface area contributed by atoms with Crippen molar-refractivity contribution in [2.45, 2.75) is 44.9 Å². The van der Waals surface area contributed by atoms with E-state index in [1.165, 1.54) is 0 Å². The molecule has 0 atom stereocenters. The third kappa shape index (κ3) is 15.2. The van der Waals surface area contributed by atoms with Crippen molar-refractivity contribution in [1.82, 2.24) is 37.2 Å². The highest BCUT2D eigenvalue weighted by atomic mass is 32.1. The molecule has 0 unspecified atom stereocenters. The molecule has 7 amide bonds. The first-order valence-electron chi connectivity index (χ1n) is 10.7. The number of hydrogen-bond acceptors (Lipinski definition) is 7. The van der Waals surface area contributed by atoms with E-state index in [9.17, 15) is 28.8 Å². The molecule has 5 aliphatic heterocycles. The summed E-state index contributed by atoms with van der Waals surface area (Å²) in [5.41, 5.74) is 0. The third-order valence-corrected chi connectivity index (χ3v) is 4.53. The van der Waals surface area contributed by atoms with Crippen LogP contribution in [0.2, 0.25) is 0 Å². The molecule has 0 spiro atoms. The number of amides is 7. The number of thiocarbonyl (C=S) groups is 1. The van der Waals surface area contributed by atoms with Crippen LogP contribution in [0.1, 0.15) is 44.9 Å². The van der Waals surface area contributed by atoms with E-state index in [1.807, 2.05) is 0 Å². The minimum absolute atomic E-state index is 0.0463. The van der Waals surface area contributed by atoms with Crippen molar-refractivity contribution in [2.24, 2.45) is 0 Å². The van der Waals surface area contributed by atoms with Gasteiger partial charge in [0.05, 0.1) is 0 Å². The van der Waals surface area contributed by atoms with Crippen LogP contribution < -0.4 is 37.2 Å². The summed E-state index contributed by atoms with van der Waals surface area (Å²) in [6, 6.07) is -0.0463. The Morgan fingerprint density at radius 1 is 0.455 bits per heavy atom. The lowest BCUT2D eigenvalue weighted by Gasteiger charge is -2.07. The number of imide groups is 2. The van der Waals surface area contributed by atoms with Gasteiger partial charge >= 0.3 is 6.03 Å². The molecule has 13 nitrogen and oxygen atoms in total. The molecule has 5 saturated heterocycles. The number of urea groups is 1. The molecule has 14 heteroatoms. The van der Waals surface area contributed by atoms with Crippen LogP contribution >= 0.6 is 12.2 Å². The SMILES string of the molecule is O=C1CCC(=O)N1.O=C1CCCC(=O)N1.O=C1CCCN1.O=C1NCCN1.S=C1NCCN1. The zero-order valence-electron chi connectivity index (χ0n) is 18.3. The molecule has 7 N–H and O–H groups in total. The molecule has 5 rings (SSSR count). The first kappa shape index (κ1) is 27.7. The second-order valence-corrected chi connectivity index (χ2v) is 7.52. The summed E-state index contributed by atoms with van der Waals surface area (Å²) in [4.78, 5) is 61.1. The molecule has 5 heterocycles. The van der Waals surface area contributed by atoms with Crippen LogP contribution in [0.25, 0.3) is 0 Å². The van der Waals surface area contributed by atoms with Gasteiger partial charge in [0.1, 0.15) is 0 Å². The molecular formula is C19H31N7O6S. The standard InChI is InChI=1S/C5H7NO2.C4H5NO2.C4H7NO.C3H6N2O.C3H6N2S/c7-4-2-1-3-5(8)6-4;6-3-1-2-4(7)5-3;6-4-2-1-3-5-4;2*6-3-4-1-2-5-3/h1-3H2,(H,6,7,8);1-2H2,(H,5,6,7);1-3H2,(H,5,6);2*1-2H2,(H2,4,5,6). The molecule has 33 heavy (non-hydrogen) atoms. The summed E-state index contributed by atoms with van der Waals surface area (Å²) in [7, 11) is 0. The maximum Gasteiger partial charge on any atom is 0.314 e. The Morgan fingerprint density at radius 3 is 1.06 bits per heavy atom.